The smallest absolute Gasteiger partial charge is 0.262 e. The van der Waals surface area contributed by atoms with Crippen LogP contribution in [0.4, 0.5) is 5.82 Å². The van der Waals surface area contributed by atoms with Gasteiger partial charge >= 0.3 is 0 Å². The summed E-state index contributed by atoms with van der Waals surface area (Å²) < 4.78 is 1.73. The zero-order valence-electron chi connectivity index (χ0n) is 17.5. The van der Waals surface area contributed by atoms with E-state index in [0.29, 0.717) is 29.1 Å². The van der Waals surface area contributed by atoms with Crippen LogP contribution in [0.2, 0.25) is 0 Å². The van der Waals surface area contributed by atoms with Crippen LogP contribution in [0.3, 0.4) is 0 Å². The van der Waals surface area contributed by atoms with Crippen molar-refractivity contribution in [1.29, 1.82) is 0 Å². The maximum Gasteiger partial charge on any atom is 0.262 e. The number of rotatable bonds is 6. The van der Waals surface area contributed by atoms with E-state index in [2.05, 4.69) is 15.3 Å². The second-order valence-corrected chi connectivity index (χ2v) is 9.24. The summed E-state index contributed by atoms with van der Waals surface area (Å²) in [5.41, 5.74) is 0.461. The SMILES string of the molecule is CSc1ccc2c(=O)n(C(CC3CCCCC3)C(=O)Nc3ccccn3)c(=S)[nH]c2c1. The minimum atomic E-state index is -0.689. The van der Waals surface area contributed by atoms with Crippen LogP contribution < -0.4 is 10.9 Å². The first kappa shape index (κ1) is 21.8. The van der Waals surface area contributed by atoms with E-state index in [4.69, 9.17) is 12.2 Å². The number of hydrogen-bond acceptors (Lipinski definition) is 5. The van der Waals surface area contributed by atoms with Crippen LogP contribution in [-0.4, -0.2) is 26.7 Å². The summed E-state index contributed by atoms with van der Waals surface area (Å²) in [5, 5.41) is 3.41. The third-order valence-electron chi connectivity index (χ3n) is 5.95. The number of H-pyrrole nitrogens is 1. The highest BCUT2D eigenvalue weighted by Gasteiger charge is 2.28. The summed E-state index contributed by atoms with van der Waals surface area (Å²) in [7, 11) is 0. The van der Waals surface area contributed by atoms with E-state index < -0.39 is 6.04 Å². The number of carbonyl (C=O) groups excluding carboxylic acids is 1. The van der Waals surface area contributed by atoms with Crippen LogP contribution in [0.1, 0.15) is 44.6 Å². The van der Waals surface area contributed by atoms with Crippen molar-refractivity contribution in [3.8, 4) is 0 Å². The number of benzene rings is 1. The molecule has 1 aliphatic rings. The van der Waals surface area contributed by atoms with Crippen molar-refractivity contribution in [2.24, 2.45) is 5.92 Å². The first-order valence-corrected chi connectivity index (χ1v) is 12.2. The molecule has 1 amide bonds. The Morgan fingerprint density at radius 1 is 1.29 bits per heavy atom. The highest BCUT2D eigenvalue weighted by Crippen LogP contribution is 2.31. The van der Waals surface area contributed by atoms with Crippen LogP contribution in [0.5, 0.6) is 0 Å². The summed E-state index contributed by atoms with van der Waals surface area (Å²) in [6.07, 6.45) is 9.90. The van der Waals surface area contributed by atoms with Gasteiger partial charge in [-0.2, -0.15) is 0 Å². The number of aromatic amines is 1. The van der Waals surface area contributed by atoms with Crippen LogP contribution in [-0.2, 0) is 4.79 Å². The van der Waals surface area contributed by atoms with Gasteiger partial charge in [-0.25, -0.2) is 4.98 Å². The largest absolute Gasteiger partial charge is 0.331 e. The van der Waals surface area contributed by atoms with Gasteiger partial charge in [0, 0.05) is 11.1 Å². The molecule has 0 aliphatic heterocycles. The molecule has 6 nitrogen and oxygen atoms in total. The molecule has 0 bridgehead atoms. The molecule has 4 rings (SSSR count). The quantitative estimate of drug-likeness (QED) is 0.389. The number of nitrogens with one attached hydrogen (secondary N) is 2. The number of aromatic nitrogens is 3. The maximum absolute atomic E-state index is 13.5. The zero-order chi connectivity index (χ0) is 21.8. The first-order valence-electron chi connectivity index (χ1n) is 10.6. The van der Waals surface area contributed by atoms with E-state index in [1.807, 2.05) is 24.5 Å². The van der Waals surface area contributed by atoms with Crippen LogP contribution in [0, 0.1) is 10.7 Å². The Balaban J connectivity index is 1.76. The number of anilines is 1. The van der Waals surface area contributed by atoms with Gasteiger partial charge in [-0.3, -0.25) is 14.2 Å². The van der Waals surface area contributed by atoms with Crippen molar-refractivity contribution in [3.05, 3.63) is 57.7 Å². The zero-order valence-corrected chi connectivity index (χ0v) is 19.1. The number of carbonyl (C=O) groups is 1. The molecule has 0 spiro atoms. The van der Waals surface area contributed by atoms with Gasteiger partial charge in [0.15, 0.2) is 4.77 Å². The minimum absolute atomic E-state index is 0.233. The average molecular weight is 455 g/mol. The third-order valence-corrected chi connectivity index (χ3v) is 6.97. The summed E-state index contributed by atoms with van der Waals surface area (Å²) >= 11 is 7.18. The molecule has 0 radical (unpaired) electrons. The Hall–Kier alpha value is -2.45. The Morgan fingerprint density at radius 3 is 2.81 bits per heavy atom. The van der Waals surface area contributed by atoms with Crippen molar-refractivity contribution in [1.82, 2.24) is 14.5 Å². The van der Waals surface area contributed by atoms with Crippen LogP contribution >= 0.6 is 24.0 Å². The predicted molar refractivity (Wildman–Crippen MR) is 128 cm³/mol. The number of hydrogen-bond donors (Lipinski definition) is 2. The van der Waals surface area contributed by atoms with Crippen molar-refractivity contribution < 1.29 is 4.79 Å². The molecule has 1 unspecified atom stereocenters. The van der Waals surface area contributed by atoms with Crippen molar-refractivity contribution in [3.63, 3.8) is 0 Å². The number of pyridine rings is 1. The highest BCUT2D eigenvalue weighted by atomic mass is 32.2. The molecule has 1 fully saturated rings. The molecule has 2 N–H and O–H groups in total. The molecule has 31 heavy (non-hydrogen) atoms. The molecule has 1 aromatic carbocycles. The van der Waals surface area contributed by atoms with Crippen LogP contribution in [0.25, 0.3) is 10.9 Å². The van der Waals surface area contributed by atoms with E-state index >= 15 is 0 Å². The van der Waals surface area contributed by atoms with Gasteiger partial charge in [-0.05, 0) is 61.1 Å². The van der Waals surface area contributed by atoms with Gasteiger partial charge < -0.3 is 10.3 Å². The summed E-state index contributed by atoms with van der Waals surface area (Å²) in [6, 6.07) is 10.3. The summed E-state index contributed by atoms with van der Waals surface area (Å²) in [6.45, 7) is 0. The van der Waals surface area contributed by atoms with Crippen LogP contribution in [0.15, 0.2) is 52.3 Å². The predicted octanol–water partition coefficient (Wildman–Crippen LogP) is 5.33. The number of fused-ring (bicyclic) bond motifs is 1. The number of nitrogens with zero attached hydrogens (tertiary/aromatic N) is 2. The lowest BCUT2D eigenvalue weighted by Crippen LogP contribution is -2.36. The molecule has 8 heteroatoms. The Bertz CT molecular complexity index is 1180. The molecule has 0 saturated heterocycles. The Kier molecular flexibility index (Phi) is 6.87. The van der Waals surface area contributed by atoms with Crippen molar-refractivity contribution in [2.45, 2.75) is 49.5 Å². The Morgan fingerprint density at radius 2 is 2.10 bits per heavy atom. The number of amides is 1. The van der Waals surface area contributed by atoms with E-state index in [0.717, 1.165) is 30.6 Å². The molecule has 162 valence electrons. The fourth-order valence-corrected chi connectivity index (χ4v) is 5.10. The van der Waals surface area contributed by atoms with E-state index in [-0.39, 0.29) is 16.2 Å². The van der Waals surface area contributed by atoms with Crippen molar-refractivity contribution >= 4 is 46.6 Å². The molecule has 3 aromatic rings. The second kappa shape index (κ2) is 9.78. The molecule has 2 aromatic heterocycles. The second-order valence-electron chi connectivity index (χ2n) is 7.98. The monoisotopic (exact) mass is 454 g/mol. The van der Waals surface area contributed by atoms with E-state index in [1.165, 1.54) is 11.0 Å². The van der Waals surface area contributed by atoms with Gasteiger partial charge in [0.2, 0.25) is 5.91 Å². The molecule has 2 heterocycles. The van der Waals surface area contributed by atoms with Gasteiger partial charge in [-0.1, -0.05) is 38.2 Å². The molecule has 1 atom stereocenters. The lowest BCUT2D eigenvalue weighted by atomic mass is 9.84. The fraction of sp³-hybridized carbons (Fsp3) is 0.391. The average Bonchev–Trinajstić information content (AvgIpc) is 2.79. The summed E-state index contributed by atoms with van der Waals surface area (Å²) in [4.78, 5) is 35.2. The normalized spacial score (nSPS) is 15.6. The van der Waals surface area contributed by atoms with Crippen molar-refractivity contribution in [2.75, 3.05) is 11.6 Å². The molecular formula is C23H26N4O2S2. The highest BCUT2D eigenvalue weighted by molar-refractivity contribution is 7.98. The molecular weight excluding hydrogens is 428 g/mol. The topological polar surface area (TPSA) is 79.8 Å². The summed E-state index contributed by atoms with van der Waals surface area (Å²) in [5.74, 6) is 0.601. The maximum atomic E-state index is 13.5. The van der Waals surface area contributed by atoms with E-state index in [1.54, 1.807) is 36.2 Å². The van der Waals surface area contributed by atoms with Gasteiger partial charge in [0.1, 0.15) is 11.9 Å². The minimum Gasteiger partial charge on any atom is -0.331 e. The lowest BCUT2D eigenvalue weighted by molar-refractivity contribution is -0.120. The molecule has 1 aliphatic carbocycles. The van der Waals surface area contributed by atoms with E-state index in [9.17, 15) is 9.59 Å². The third kappa shape index (κ3) is 4.91. The number of thioether (sulfide) groups is 1. The standard InChI is InChI=1S/C23H26N4O2S2/c1-31-16-10-11-17-18(14-16)25-23(30)27(22(17)29)19(13-15-7-3-2-4-8-15)21(28)26-20-9-5-6-12-24-20/h5-6,9-12,14-15,19H,2-4,7-8,13H2,1H3,(H,25,30)(H,24,26,28). The van der Waals surface area contributed by atoms with Gasteiger partial charge in [-0.15, -0.1) is 11.8 Å². The van der Waals surface area contributed by atoms with Gasteiger partial charge in [0.05, 0.1) is 10.9 Å². The first-order chi connectivity index (χ1) is 15.1. The Labute approximate surface area is 190 Å². The molecule has 1 saturated carbocycles. The lowest BCUT2D eigenvalue weighted by Gasteiger charge is -2.27. The van der Waals surface area contributed by atoms with Gasteiger partial charge in [0.25, 0.3) is 5.56 Å². The fourth-order valence-electron chi connectivity index (χ4n) is 4.34.